The number of nitrogens with zero attached hydrogens (tertiary/aromatic N) is 1. The Bertz CT molecular complexity index is 571. The third kappa shape index (κ3) is 8.65. The first kappa shape index (κ1) is 20.9. The Labute approximate surface area is 149 Å². The Hall–Kier alpha value is -1.12. The molecule has 0 spiro atoms. The Morgan fingerprint density at radius 3 is 2.71 bits per heavy atom. The summed E-state index contributed by atoms with van der Waals surface area (Å²) < 4.78 is 24.3. The van der Waals surface area contributed by atoms with Gasteiger partial charge in [-0.05, 0) is 17.9 Å². The minimum absolute atomic E-state index is 0.0278. The number of unbranched alkanes of at least 4 members (excludes halogenated alkanes) is 5. The van der Waals surface area contributed by atoms with Crippen LogP contribution < -0.4 is 11.1 Å². The van der Waals surface area contributed by atoms with E-state index < -0.39 is 15.9 Å². The summed E-state index contributed by atoms with van der Waals surface area (Å²) in [4.78, 5) is 4.01. The summed E-state index contributed by atoms with van der Waals surface area (Å²) >= 11 is 1.14. The van der Waals surface area contributed by atoms with Gasteiger partial charge in [-0.25, -0.2) is 8.42 Å². The number of nitrogens with one attached hydrogen (secondary N) is 1. The molecule has 0 saturated heterocycles. The molecule has 1 aromatic heterocycles. The van der Waals surface area contributed by atoms with Gasteiger partial charge in [-0.15, -0.1) is 11.3 Å². The number of nitrogens with two attached hydrogens (primary N) is 1. The Balaban J connectivity index is 2.22. The van der Waals surface area contributed by atoms with Crippen molar-refractivity contribution in [3.05, 3.63) is 17.5 Å². The molecule has 1 heterocycles. The lowest BCUT2D eigenvalue weighted by atomic mass is 10.1. The summed E-state index contributed by atoms with van der Waals surface area (Å²) in [7, 11) is -3.46. The maximum Gasteiger partial charge on any atom is 0.190 e. The second-order valence-electron chi connectivity index (χ2n) is 5.79. The predicted octanol–water partition coefficient (Wildman–Crippen LogP) is 2.15. The van der Waals surface area contributed by atoms with Gasteiger partial charge in [0.2, 0.25) is 0 Å². The van der Waals surface area contributed by atoms with Crippen LogP contribution in [0.4, 0.5) is 0 Å². The van der Waals surface area contributed by atoms with Crippen LogP contribution >= 0.6 is 11.3 Å². The molecule has 1 atom stereocenters. The zero-order valence-corrected chi connectivity index (χ0v) is 15.9. The first-order chi connectivity index (χ1) is 11.5. The number of rotatable bonds is 12. The second-order valence-corrected chi connectivity index (χ2v) is 9.00. The highest BCUT2D eigenvalue weighted by molar-refractivity contribution is 7.93. The molecule has 138 valence electrons. The summed E-state index contributed by atoms with van der Waals surface area (Å²) in [5.74, 6) is -0.0991. The molecule has 24 heavy (non-hydrogen) atoms. The Morgan fingerprint density at radius 1 is 1.33 bits per heavy atom. The van der Waals surface area contributed by atoms with Crippen molar-refractivity contribution >= 4 is 27.1 Å². The molecule has 0 aromatic carbocycles. The zero-order chi connectivity index (χ0) is 17.8. The van der Waals surface area contributed by atoms with Gasteiger partial charge in [-0.1, -0.05) is 45.1 Å². The summed E-state index contributed by atoms with van der Waals surface area (Å²) in [5.41, 5.74) is 5.72. The van der Waals surface area contributed by atoms with Crippen molar-refractivity contribution in [3.8, 4) is 0 Å². The van der Waals surface area contributed by atoms with Crippen LogP contribution in [0.3, 0.4) is 0 Å². The lowest BCUT2D eigenvalue weighted by Gasteiger charge is -2.09. The van der Waals surface area contributed by atoms with E-state index in [-0.39, 0.29) is 22.5 Å². The third-order valence-corrected chi connectivity index (χ3v) is 6.81. The number of thiophene rings is 1. The van der Waals surface area contributed by atoms with E-state index in [9.17, 15) is 13.5 Å². The molecule has 0 bridgehead atoms. The van der Waals surface area contributed by atoms with Crippen molar-refractivity contribution in [2.75, 3.05) is 18.8 Å². The Morgan fingerprint density at radius 2 is 2.04 bits per heavy atom. The maximum atomic E-state index is 12.0. The molecular weight excluding hydrogens is 346 g/mol. The molecule has 0 fully saturated rings. The van der Waals surface area contributed by atoms with E-state index in [2.05, 4.69) is 17.2 Å². The Kier molecular flexibility index (Phi) is 9.97. The van der Waals surface area contributed by atoms with Crippen molar-refractivity contribution in [3.63, 3.8) is 0 Å². The summed E-state index contributed by atoms with van der Waals surface area (Å²) in [6.45, 7) is 2.91. The quantitative estimate of drug-likeness (QED) is 0.295. The molecule has 8 heteroatoms. The minimum Gasteiger partial charge on any atom is -0.390 e. The van der Waals surface area contributed by atoms with Crippen molar-refractivity contribution in [2.45, 2.75) is 55.8 Å². The molecule has 1 unspecified atom stereocenters. The van der Waals surface area contributed by atoms with E-state index in [0.717, 1.165) is 30.7 Å². The summed E-state index contributed by atoms with van der Waals surface area (Å²) in [6.07, 6.45) is 6.13. The van der Waals surface area contributed by atoms with Crippen molar-refractivity contribution in [1.29, 1.82) is 0 Å². The SMILES string of the molecule is CCCCCCCCNC(N)=NCC(O)CS(=O)(=O)c1cccs1. The lowest BCUT2D eigenvalue weighted by Crippen LogP contribution is -2.34. The van der Waals surface area contributed by atoms with Crippen LogP contribution in [0.25, 0.3) is 0 Å². The molecule has 4 N–H and O–H groups in total. The number of guanidine groups is 1. The smallest absolute Gasteiger partial charge is 0.190 e. The second kappa shape index (κ2) is 11.4. The van der Waals surface area contributed by atoms with Gasteiger partial charge in [0.15, 0.2) is 15.8 Å². The summed E-state index contributed by atoms with van der Waals surface area (Å²) in [5, 5.41) is 14.5. The van der Waals surface area contributed by atoms with Crippen LogP contribution in [0.1, 0.15) is 45.4 Å². The fourth-order valence-corrected chi connectivity index (χ4v) is 4.68. The fraction of sp³-hybridized carbons (Fsp3) is 0.688. The van der Waals surface area contributed by atoms with Gasteiger partial charge in [-0.3, -0.25) is 4.99 Å². The first-order valence-electron chi connectivity index (χ1n) is 8.44. The molecular formula is C16H29N3O3S2. The van der Waals surface area contributed by atoms with Crippen LogP contribution in [0, 0.1) is 0 Å². The summed E-state index contributed by atoms with van der Waals surface area (Å²) in [6, 6.07) is 3.21. The molecule has 0 aliphatic heterocycles. The van der Waals surface area contributed by atoms with E-state index in [1.165, 1.54) is 31.7 Å². The number of aliphatic hydroxyl groups excluding tert-OH is 1. The van der Waals surface area contributed by atoms with Crippen molar-refractivity contribution < 1.29 is 13.5 Å². The molecule has 6 nitrogen and oxygen atoms in total. The van der Waals surface area contributed by atoms with Gasteiger partial charge in [0.25, 0.3) is 0 Å². The van der Waals surface area contributed by atoms with Gasteiger partial charge in [-0.2, -0.15) is 0 Å². The van der Waals surface area contributed by atoms with E-state index in [4.69, 9.17) is 5.73 Å². The number of hydrogen-bond acceptors (Lipinski definition) is 5. The number of aliphatic hydroxyl groups is 1. The fourth-order valence-electron chi connectivity index (χ4n) is 2.21. The number of aliphatic imine (C=N–C) groups is 1. The van der Waals surface area contributed by atoms with Crippen LogP contribution in [0.15, 0.2) is 26.7 Å². The largest absolute Gasteiger partial charge is 0.390 e. The van der Waals surface area contributed by atoms with E-state index in [1.807, 2.05) is 0 Å². The standard InChI is InChI=1S/C16H29N3O3S2/c1-2-3-4-5-6-7-10-18-16(17)19-12-14(20)13-24(21,22)15-9-8-11-23-15/h8-9,11,14,20H,2-7,10,12-13H2,1H3,(H3,17,18,19). The van der Waals surface area contributed by atoms with Gasteiger partial charge in [0.05, 0.1) is 18.4 Å². The maximum absolute atomic E-state index is 12.0. The van der Waals surface area contributed by atoms with Gasteiger partial charge >= 0.3 is 0 Å². The average Bonchev–Trinajstić information content (AvgIpc) is 3.07. The van der Waals surface area contributed by atoms with Crippen molar-refractivity contribution in [1.82, 2.24) is 5.32 Å². The zero-order valence-electron chi connectivity index (χ0n) is 14.3. The van der Waals surface area contributed by atoms with Gasteiger partial charge in [0, 0.05) is 6.54 Å². The van der Waals surface area contributed by atoms with Gasteiger partial charge in [0.1, 0.15) is 4.21 Å². The highest BCUT2D eigenvalue weighted by Gasteiger charge is 2.20. The van der Waals surface area contributed by atoms with E-state index in [0.29, 0.717) is 0 Å². The highest BCUT2D eigenvalue weighted by atomic mass is 32.2. The third-order valence-electron chi connectivity index (χ3n) is 3.52. The lowest BCUT2D eigenvalue weighted by molar-refractivity contribution is 0.206. The normalized spacial score (nSPS) is 13.8. The van der Waals surface area contributed by atoms with Crippen LogP contribution in [-0.4, -0.2) is 44.4 Å². The molecule has 1 aromatic rings. The number of hydrogen-bond donors (Lipinski definition) is 3. The highest BCUT2D eigenvalue weighted by Crippen LogP contribution is 2.18. The molecule has 0 amide bonds. The molecule has 0 aliphatic carbocycles. The molecule has 0 aliphatic rings. The van der Waals surface area contributed by atoms with E-state index in [1.54, 1.807) is 11.4 Å². The van der Waals surface area contributed by atoms with Crippen LogP contribution in [0.5, 0.6) is 0 Å². The molecule has 1 rings (SSSR count). The molecule has 0 saturated carbocycles. The minimum atomic E-state index is -3.46. The monoisotopic (exact) mass is 375 g/mol. The van der Waals surface area contributed by atoms with Crippen LogP contribution in [0.2, 0.25) is 0 Å². The van der Waals surface area contributed by atoms with Gasteiger partial charge < -0.3 is 16.2 Å². The predicted molar refractivity (Wildman–Crippen MR) is 100 cm³/mol. The van der Waals surface area contributed by atoms with Crippen molar-refractivity contribution in [2.24, 2.45) is 10.7 Å². The average molecular weight is 376 g/mol. The van der Waals surface area contributed by atoms with Crippen LogP contribution in [-0.2, 0) is 9.84 Å². The number of sulfone groups is 1. The van der Waals surface area contributed by atoms with E-state index >= 15 is 0 Å². The first-order valence-corrected chi connectivity index (χ1v) is 11.0. The molecule has 0 radical (unpaired) electrons. The topological polar surface area (TPSA) is 105 Å².